The van der Waals surface area contributed by atoms with Gasteiger partial charge in [0.25, 0.3) is 0 Å². The molecule has 0 aromatic carbocycles. The predicted molar refractivity (Wildman–Crippen MR) is 89.2 cm³/mol. The van der Waals surface area contributed by atoms with E-state index in [0.29, 0.717) is 6.42 Å². The highest BCUT2D eigenvalue weighted by molar-refractivity contribution is 5.80. The number of aryl methyl sites for hydroxylation is 1. The molecule has 0 radical (unpaired) electrons. The lowest BCUT2D eigenvalue weighted by atomic mass is 9.44. The number of carbonyl (C=O) groups is 1. The minimum Gasteiger partial charge on any atom is -0.472 e. The number of carbonyl (C=O) groups excluding carboxylic acids is 1. The van der Waals surface area contributed by atoms with Crippen molar-refractivity contribution in [1.29, 1.82) is 0 Å². The maximum absolute atomic E-state index is 12.6. The Morgan fingerprint density at radius 1 is 1.33 bits per heavy atom. The molecule has 3 fully saturated rings. The molecule has 3 aliphatic rings. The fourth-order valence-corrected chi connectivity index (χ4v) is 6.30. The van der Waals surface area contributed by atoms with Crippen molar-refractivity contribution in [2.24, 2.45) is 22.7 Å². The first-order valence-electron chi connectivity index (χ1n) is 9.26. The Bertz CT molecular complexity index is 638. The summed E-state index contributed by atoms with van der Waals surface area (Å²) in [6, 6.07) is 1.97. The van der Waals surface area contributed by atoms with Crippen LogP contribution < -0.4 is 0 Å². The Morgan fingerprint density at radius 3 is 2.83 bits per heavy atom. The molecule has 1 aliphatic heterocycles. The summed E-state index contributed by atoms with van der Waals surface area (Å²) in [4.78, 5) is 12.6. The van der Waals surface area contributed by atoms with Crippen LogP contribution in [0.1, 0.15) is 58.4 Å². The third-order valence-corrected chi connectivity index (χ3v) is 7.63. The van der Waals surface area contributed by atoms with Gasteiger partial charge in [0.15, 0.2) is 0 Å². The molecule has 2 aliphatic carbocycles. The maximum atomic E-state index is 12.6. The van der Waals surface area contributed by atoms with Gasteiger partial charge in [0.05, 0.1) is 23.5 Å². The average Bonchev–Trinajstić information content (AvgIpc) is 3.12. The van der Waals surface area contributed by atoms with E-state index in [1.807, 2.05) is 6.07 Å². The SMILES string of the molecule is C[C@H]1C[C@@H]2OC(=O)[C@@]3(C)CCC[C@](C)([C@@H]23)[C@]1(O)CCc1ccoc1. The van der Waals surface area contributed by atoms with Gasteiger partial charge >= 0.3 is 5.97 Å². The van der Waals surface area contributed by atoms with E-state index in [0.717, 1.165) is 37.7 Å². The quantitative estimate of drug-likeness (QED) is 0.857. The first-order valence-corrected chi connectivity index (χ1v) is 9.26. The van der Waals surface area contributed by atoms with Gasteiger partial charge in [-0.3, -0.25) is 4.79 Å². The molecule has 4 nitrogen and oxygen atoms in total. The van der Waals surface area contributed by atoms with Crippen LogP contribution in [0, 0.1) is 22.7 Å². The summed E-state index contributed by atoms with van der Waals surface area (Å²) in [5.41, 5.74) is -0.362. The zero-order valence-electron chi connectivity index (χ0n) is 14.9. The summed E-state index contributed by atoms with van der Waals surface area (Å²) in [5, 5.41) is 11.9. The standard InChI is InChI=1S/C20H28O4/c1-13-11-15-16-18(2,17(21)24-15)7-4-8-19(16,3)20(13,22)9-5-14-6-10-23-12-14/h6,10,12-13,15-16,22H,4-5,7-9,11H2,1-3H3/t13-,15-,16-,18-,19+,20-/m0/s1. The lowest BCUT2D eigenvalue weighted by molar-refractivity contribution is -0.217. The Hall–Kier alpha value is -1.29. The number of furan rings is 1. The van der Waals surface area contributed by atoms with Gasteiger partial charge in [0, 0.05) is 11.3 Å². The summed E-state index contributed by atoms with van der Waals surface area (Å²) in [7, 11) is 0. The van der Waals surface area contributed by atoms with Gasteiger partial charge in [-0.1, -0.05) is 20.3 Å². The van der Waals surface area contributed by atoms with Crippen molar-refractivity contribution in [1.82, 2.24) is 0 Å². The molecular formula is C20H28O4. The molecule has 1 aromatic rings. The van der Waals surface area contributed by atoms with Gasteiger partial charge in [-0.25, -0.2) is 0 Å². The first kappa shape index (κ1) is 16.2. The Morgan fingerprint density at radius 2 is 2.12 bits per heavy atom. The van der Waals surface area contributed by atoms with Crippen molar-refractivity contribution < 1.29 is 19.1 Å². The molecule has 4 rings (SSSR count). The van der Waals surface area contributed by atoms with E-state index in [2.05, 4.69) is 20.8 Å². The van der Waals surface area contributed by atoms with Crippen LogP contribution in [0.5, 0.6) is 0 Å². The summed E-state index contributed by atoms with van der Waals surface area (Å²) in [6.45, 7) is 6.38. The van der Waals surface area contributed by atoms with Gasteiger partial charge in [0.1, 0.15) is 6.10 Å². The van der Waals surface area contributed by atoms with E-state index < -0.39 is 11.0 Å². The summed E-state index contributed by atoms with van der Waals surface area (Å²) >= 11 is 0. The molecule has 0 spiro atoms. The van der Waals surface area contributed by atoms with Crippen molar-refractivity contribution in [2.45, 2.75) is 71.0 Å². The first-order chi connectivity index (χ1) is 11.3. The normalized spacial score (nSPS) is 47.3. The number of aliphatic hydroxyl groups is 1. The largest absolute Gasteiger partial charge is 0.472 e. The van der Waals surface area contributed by atoms with Gasteiger partial charge in [-0.2, -0.15) is 0 Å². The molecule has 24 heavy (non-hydrogen) atoms. The van der Waals surface area contributed by atoms with Crippen LogP contribution in [0.25, 0.3) is 0 Å². The van der Waals surface area contributed by atoms with Gasteiger partial charge < -0.3 is 14.3 Å². The molecule has 1 aromatic heterocycles. The monoisotopic (exact) mass is 332 g/mol. The Kier molecular flexibility index (Phi) is 3.44. The highest BCUT2D eigenvalue weighted by Crippen LogP contribution is 2.67. The van der Waals surface area contributed by atoms with Crippen LogP contribution in [0.2, 0.25) is 0 Å². The molecular weight excluding hydrogens is 304 g/mol. The number of hydrogen-bond donors (Lipinski definition) is 1. The second kappa shape index (κ2) is 5.10. The third-order valence-electron chi connectivity index (χ3n) is 7.63. The third kappa shape index (κ3) is 1.92. The lowest BCUT2D eigenvalue weighted by Crippen LogP contribution is -2.65. The Labute approximate surface area is 143 Å². The second-order valence-electron chi connectivity index (χ2n) is 8.80. The number of hydrogen-bond acceptors (Lipinski definition) is 4. The summed E-state index contributed by atoms with van der Waals surface area (Å²) < 4.78 is 11.0. The van der Waals surface area contributed by atoms with Crippen molar-refractivity contribution in [3.05, 3.63) is 24.2 Å². The molecule has 0 unspecified atom stereocenters. The van der Waals surface area contributed by atoms with E-state index in [1.54, 1.807) is 12.5 Å². The fourth-order valence-electron chi connectivity index (χ4n) is 6.30. The molecule has 1 saturated heterocycles. The zero-order chi connectivity index (χ0) is 17.2. The predicted octanol–water partition coefficient (Wildman–Crippen LogP) is 3.72. The highest BCUT2D eigenvalue weighted by atomic mass is 16.6. The zero-order valence-corrected chi connectivity index (χ0v) is 14.9. The molecule has 132 valence electrons. The van der Waals surface area contributed by atoms with Crippen molar-refractivity contribution in [3.63, 3.8) is 0 Å². The average molecular weight is 332 g/mol. The summed E-state index contributed by atoms with van der Waals surface area (Å²) in [5.74, 6) is 0.190. The molecule has 4 heteroatoms. The van der Waals surface area contributed by atoms with Crippen LogP contribution in [-0.4, -0.2) is 22.8 Å². The van der Waals surface area contributed by atoms with Crippen LogP contribution in [0.15, 0.2) is 23.0 Å². The van der Waals surface area contributed by atoms with Crippen LogP contribution in [-0.2, 0) is 16.0 Å². The lowest BCUT2D eigenvalue weighted by Gasteiger charge is -2.61. The maximum Gasteiger partial charge on any atom is 0.312 e. The summed E-state index contributed by atoms with van der Waals surface area (Å²) in [6.07, 6.45) is 8.51. The van der Waals surface area contributed by atoms with E-state index in [4.69, 9.17) is 9.15 Å². The molecule has 0 bridgehead atoms. The van der Waals surface area contributed by atoms with Gasteiger partial charge in [-0.05, 0) is 56.6 Å². The van der Waals surface area contributed by atoms with Crippen molar-refractivity contribution in [2.75, 3.05) is 0 Å². The van der Waals surface area contributed by atoms with E-state index in [9.17, 15) is 9.90 Å². The van der Waals surface area contributed by atoms with Crippen molar-refractivity contribution >= 4 is 5.97 Å². The minimum absolute atomic E-state index is 0.0306. The molecule has 2 saturated carbocycles. The number of ether oxygens (including phenoxy) is 1. The molecule has 0 amide bonds. The molecule has 6 atom stereocenters. The minimum atomic E-state index is -0.777. The second-order valence-corrected chi connectivity index (χ2v) is 8.80. The van der Waals surface area contributed by atoms with Crippen LogP contribution in [0.3, 0.4) is 0 Å². The number of rotatable bonds is 3. The van der Waals surface area contributed by atoms with Crippen LogP contribution in [0.4, 0.5) is 0 Å². The fraction of sp³-hybridized carbons (Fsp3) is 0.750. The van der Waals surface area contributed by atoms with E-state index in [-0.39, 0.29) is 29.3 Å². The topological polar surface area (TPSA) is 59.7 Å². The highest BCUT2D eigenvalue weighted by Gasteiger charge is 2.70. The van der Waals surface area contributed by atoms with Crippen LogP contribution >= 0.6 is 0 Å². The van der Waals surface area contributed by atoms with Gasteiger partial charge in [0.2, 0.25) is 0 Å². The van der Waals surface area contributed by atoms with E-state index >= 15 is 0 Å². The van der Waals surface area contributed by atoms with Gasteiger partial charge in [-0.15, -0.1) is 0 Å². The van der Waals surface area contributed by atoms with Crippen molar-refractivity contribution in [3.8, 4) is 0 Å². The molecule has 2 heterocycles. The van der Waals surface area contributed by atoms with E-state index in [1.165, 1.54) is 0 Å². The smallest absolute Gasteiger partial charge is 0.312 e. The molecule has 1 N–H and O–H groups in total. The number of esters is 1. The Balaban J connectivity index is 1.70.